The molecule has 0 unspecified atom stereocenters. The molecule has 8 aromatic heterocycles. The predicted molar refractivity (Wildman–Crippen MR) is 319 cm³/mol. The molecule has 18 heteroatoms. The molecule has 0 bridgehead atoms. The highest BCUT2D eigenvalue weighted by Crippen LogP contribution is 2.37. The monoisotopic (exact) mass is 1130 g/mol. The van der Waals surface area contributed by atoms with Gasteiger partial charge in [0.15, 0.2) is 11.3 Å². The van der Waals surface area contributed by atoms with Gasteiger partial charge in [-0.1, -0.05) is 49.2 Å². The number of aryl methyl sites for hydroxylation is 2. The molecule has 0 radical (unpaired) electrons. The van der Waals surface area contributed by atoms with Gasteiger partial charge in [0.1, 0.15) is 24.7 Å². The highest BCUT2D eigenvalue weighted by Gasteiger charge is 2.52. The molecule has 410 valence electrons. The van der Waals surface area contributed by atoms with E-state index in [0.717, 1.165) is 113 Å². The second kappa shape index (κ2) is 24.3. The minimum atomic E-state index is -0.340. The molecule has 3 fully saturated rings. The molecule has 0 aliphatic carbocycles. The fourth-order valence-corrected chi connectivity index (χ4v) is 10.7. The fourth-order valence-electron chi connectivity index (χ4n) is 10.3. The molecule has 80 heavy (non-hydrogen) atoms. The molecule has 0 amide bonds. The van der Waals surface area contributed by atoms with Crippen molar-refractivity contribution in [3.8, 4) is 45.1 Å². The first kappa shape index (κ1) is 54.7. The van der Waals surface area contributed by atoms with E-state index in [9.17, 15) is 0 Å². The van der Waals surface area contributed by atoms with Crippen LogP contribution in [0.25, 0.3) is 66.7 Å². The molecule has 3 saturated heterocycles. The maximum atomic E-state index is 6.14. The number of piperidine rings is 2. The van der Waals surface area contributed by atoms with Crippen molar-refractivity contribution in [3.63, 3.8) is 0 Å². The summed E-state index contributed by atoms with van der Waals surface area (Å²) < 4.78 is 28.5. The number of likely N-dealkylation sites (tertiary alicyclic amines) is 2. The molecule has 13 rings (SSSR count). The Labute approximate surface area is 476 Å². The van der Waals surface area contributed by atoms with Crippen LogP contribution in [0.3, 0.4) is 0 Å². The van der Waals surface area contributed by atoms with Gasteiger partial charge in [-0.3, -0.25) is 29.7 Å². The highest BCUT2D eigenvalue weighted by atomic mass is 79.9. The van der Waals surface area contributed by atoms with Gasteiger partial charge in [0.25, 0.3) is 0 Å². The van der Waals surface area contributed by atoms with Crippen LogP contribution < -0.4 is 14.9 Å². The van der Waals surface area contributed by atoms with Crippen molar-refractivity contribution in [1.82, 2.24) is 58.9 Å². The number of benzene rings is 2. The third kappa shape index (κ3) is 12.5. The minimum Gasteiger partial charge on any atom is -0.491 e. The summed E-state index contributed by atoms with van der Waals surface area (Å²) in [6, 6.07) is 28.4. The molecule has 16 nitrogen and oxygen atoms in total. The van der Waals surface area contributed by atoms with Crippen molar-refractivity contribution >= 4 is 61.6 Å². The van der Waals surface area contributed by atoms with E-state index < -0.39 is 0 Å². The van der Waals surface area contributed by atoms with Gasteiger partial charge < -0.3 is 18.8 Å². The average Bonchev–Trinajstić information content (AvgIpc) is 4.17. The summed E-state index contributed by atoms with van der Waals surface area (Å²) in [7, 11) is -0.340. The Kier molecular flexibility index (Phi) is 16.6. The molecule has 10 aromatic rings. The molecule has 3 aliphatic heterocycles. The summed E-state index contributed by atoms with van der Waals surface area (Å²) in [6.45, 7) is 20.4. The van der Waals surface area contributed by atoms with Gasteiger partial charge in [-0.05, 0) is 174 Å². The summed E-state index contributed by atoms with van der Waals surface area (Å²) in [5.74, 6) is 1.60. The fraction of sp³-hybridized carbons (Fsp3) is 0.355. The van der Waals surface area contributed by atoms with Gasteiger partial charge >= 0.3 is 7.12 Å². The lowest BCUT2D eigenvalue weighted by Gasteiger charge is -2.32. The average molecular weight is 1140 g/mol. The molecule has 2 aromatic carbocycles. The molecule has 0 atom stereocenters. The van der Waals surface area contributed by atoms with Crippen LogP contribution in [0, 0.1) is 13.8 Å². The van der Waals surface area contributed by atoms with Crippen molar-refractivity contribution in [2.24, 2.45) is 0 Å². The summed E-state index contributed by atoms with van der Waals surface area (Å²) in [5.41, 5.74) is 11.6. The van der Waals surface area contributed by atoms with Gasteiger partial charge in [-0.2, -0.15) is 10.2 Å². The van der Waals surface area contributed by atoms with Crippen LogP contribution in [-0.4, -0.2) is 130 Å². The lowest BCUT2D eigenvalue weighted by Crippen LogP contribution is -2.41. The molecule has 0 saturated carbocycles. The Morgan fingerprint density at radius 3 is 1.60 bits per heavy atom. The quantitative estimate of drug-likeness (QED) is 0.107. The summed E-state index contributed by atoms with van der Waals surface area (Å²) in [4.78, 5) is 32.4. The van der Waals surface area contributed by atoms with Crippen molar-refractivity contribution < 1.29 is 18.8 Å². The lowest BCUT2D eigenvalue weighted by atomic mass is 9.76. The molecular formula is C62H68BBrN12O4. The van der Waals surface area contributed by atoms with Crippen LogP contribution in [0.4, 0.5) is 0 Å². The maximum Gasteiger partial charge on any atom is 0.495 e. The Morgan fingerprint density at radius 2 is 1.04 bits per heavy atom. The third-order valence-corrected chi connectivity index (χ3v) is 16.1. The normalized spacial score (nSPS) is 16.4. The van der Waals surface area contributed by atoms with E-state index >= 15 is 0 Å². The smallest absolute Gasteiger partial charge is 0.491 e. The number of fused-ring (bicyclic) bond motifs is 4. The second-order valence-electron chi connectivity index (χ2n) is 21.8. The van der Waals surface area contributed by atoms with E-state index in [1.807, 2.05) is 104 Å². The minimum absolute atomic E-state index is 0.321. The van der Waals surface area contributed by atoms with Gasteiger partial charge in [0, 0.05) is 71.3 Å². The Hall–Kier alpha value is -7.22. The van der Waals surface area contributed by atoms with Gasteiger partial charge in [-0.25, -0.2) is 19.0 Å². The zero-order chi connectivity index (χ0) is 55.2. The Morgan fingerprint density at radius 1 is 0.525 bits per heavy atom. The number of pyridine rings is 4. The van der Waals surface area contributed by atoms with E-state index in [2.05, 4.69) is 113 Å². The van der Waals surface area contributed by atoms with Crippen LogP contribution in [0.1, 0.15) is 77.6 Å². The number of hydrogen-bond donors (Lipinski definition) is 0. The van der Waals surface area contributed by atoms with Gasteiger partial charge in [0.2, 0.25) is 0 Å². The first-order chi connectivity index (χ1) is 38.8. The first-order valence-electron chi connectivity index (χ1n) is 27.9. The van der Waals surface area contributed by atoms with E-state index in [0.29, 0.717) is 13.2 Å². The van der Waals surface area contributed by atoms with Crippen molar-refractivity contribution in [2.45, 2.75) is 91.3 Å². The third-order valence-electron chi connectivity index (χ3n) is 15.6. The van der Waals surface area contributed by atoms with Crippen molar-refractivity contribution in [1.29, 1.82) is 0 Å². The number of nitrogens with zero attached hydrogens (tertiary/aromatic N) is 12. The first-order valence-corrected chi connectivity index (χ1v) is 28.7. The second-order valence-corrected chi connectivity index (χ2v) is 22.7. The van der Waals surface area contributed by atoms with Crippen molar-refractivity contribution in [3.05, 3.63) is 150 Å². The number of halogens is 1. The number of aromatic nitrogens is 10. The highest BCUT2D eigenvalue weighted by molar-refractivity contribution is 9.10. The maximum absolute atomic E-state index is 6.14. The molecule has 0 spiro atoms. The summed E-state index contributed by atoms with van der Waals surface area (Å²) >= 11 is 3.43. The summed E-state index contributed by atoms with van der Waals surface area (Å²) in [5, 5.41) is 11.0. The molecule has 3 aliphatic rings. The van der Waals surface area contributed by atoms with E-state index in [-0.39, 0.29) is 18.3 Å². The topological polar surface area (TPSA) is 155 Å². The van der Waals surface area contributed by atoms with Crippen molar-refractivity contribution in [2.75, 3.05) is 52.5 Å². The van der Waals surface area contributed by atoms with Gasteiger partial charge in [0.05, 0.1) is 62.9 Å². The predicted octanol–water partition coefficient (Wildman–Crippen LogP) is 11.4. The molecule has 11 heterocycles. The van der Waals surface area contributed by atoms with Crippen LogP contribution in [-0.2, 0) is 9.31 Å². The summed E-state index contributed by atoms with van der Waals surface area (Å²) in [6.07, 6.45) is 22.6. The number of hydrogen-bond acceptors (Lipinski definition) is 14. The zero-order valence-electron chi connectivity index (χ0n) is 46.6. The molecular weight excluding hydrogens is 1070 g/mol. The number of rotatable bonds is 12. The Balaban J connectivity index is 0.000000132. The van der Waals surface area contributed by atoms with E-state index in [1.165, 1.54) is 64.7 Å². The number of ether oxygens (including phenoxy) is 2. The molecule has 0 N–H and O–H groups in total. The SMILES string of the molecule is Brc1cnn2cc(-c3ccc(OCCN4CCCCC4)cn3)cnc12.Cc1ccc2c(-c3cnn4cc(-c5ccc(OCCN6CCCCC6)cn5)cnc34)cccc2n1.Cc1ccc2c(B3OC(C)(C)C(C)(C)O3)cccc2n1. The zero-order valence-corrected chi connectivity index (χ0v) is 48.1. The van der Waals surface area contributed by atoms with E-state index in [1.54, 1.807) is 29.3 Å². The van der Waals surface area contributed by atoms with Crippen LogP contribution in [0.2, 0.25) is 0 Å². The van der Waals surface area contributed by atoms with Gasteiger partial charge in [-0.15, -0.1) is 0 Å². The van der Waals surface area contributed by atoms with E-state index in [4.69, 9.17) is 23.8 Å². The van der Waals surface area contributed by atoms with Crippen LogP contribution in [0.15, 0.2) is 139 Å². The lowest BCUT2D eigenvalue weighted by molar-refractivity contribution is 0.00578. The largest absolute Gasteiger partial charge is 0.495 e. The van der Waals surface area contributed by atoms with Crippen LogP contribution >= 0.6 is 15.9 Å². The van der Waals surface area contributed by atoms with Crippen LogP contribution in [0.5, 0.6) is 11.5 Å². The standard InChI is InChI=1S/C28H28N6O.C18H20BrN5O.C16H20BNO2/c1-20-8-10-24-23(6-5-7-27(24)32-20)25-18-31-34-19-21(16-30-28(25)34)26-11-9-22(17-29-26)35-15-14-33-12-3-2-4-13-33;19-16-12-22-24-13-14(10-21-18(16)24)17-5-4-15(11-20-17)25-9-8-23-6-2-1-3-7-23;1-11-9-10-12-13(7-6-8-14(12)18-11)17-19-15(2,3)16(4,5)20-17/h5-11,16-19H,2-4,12-15H2,1H3;4-5,10-13H,1-3,6-9H2;6-10H,1-5H3. The Bertz CT molecular complexity index is 3710.